The van der Waals surface area contributed by atoms with E-state index in [1.807, 2.05) is 0 Å². The van der Waals surface area contributed by atoms with Crippen LogP contribution in [-0.2, 0) is 9.53 Å². The van der Waals surface area contributed by atoms with E-state index in [-0.39, 0.29) is 6.54 Å². The molecule has 0 amide bonds. The number of carbonyl (C=O) groups is 1. The van der Waals surface area contributed by atoms with E-state index in [1.54, 1.807) is 0 Å². The molecule has 1 heterocycles. The van der Waals surface area contributed by atoms with Gasteiger partial charge < -0.3 is 15.2 Å². The summed E-state index contributed by atoms with van der Waals surface area (Å²) in [6, 6.07) is 0.316. The molecular weight excluding hydrogens is 182 g/mol. The van der Waals surface area contributed by atoms with Gasteiger partial charge in [0, 0.05) is 12.6 Å². The Morgan fingerprint density at radius 3 is 3.07 bits per heavy atom. The molecule has 1 saturated heterocycles. The average Bonchev–Trinajstić information content (AvgIpc) is 2.16. The first-order chi connectivity index (χ1) is 6.72. The number of ether oxygens (including phenoxy) is 1. The maximum Gasteiger partial charge on any atom is 0.317 e. The molecule has 0 aliphatic carbocycles. The maximum atomic E-state index is 10.4. The molecule has 0 radical (unpaired) electrons. The van der Waals surface area contributed by atoms with Crippen LogP contribution >= 0.6 is 0 Å². The lowest BCUT2D eigenvalue weighted by molar-refractivity contribution is -0.136. The highest BCUT2D eigenvalue weighted by Gasteiger charge is 2.21. The van der Waals surface area contributed by atoms with Crippen molar-refractivity contribution in [3.8, 4) is 0 Å². The molecule has 0 aromatic heterocycles. The van der Waals surface area contributed by atoms with Crippen molar-refractivity contribution in [3.05, 3.63) is 0 Å². The summed E-state index contributed by atoms with van der Waals surface area (Å²) in [5.74, 6) is -0.788. The van der Waals surface area contributed by atoms with Crippen LogP contribution in [0.4, 0.5) is 0 Å². The van der Waals surface area contributed by atoms with Gasteiger partial charge in [-0.25, -0.2) is 0 Å². The highest BCUT2D eigenvalue weighted by molar-refractivity contribution is 5.69. The number of hydrogen-bond acceptors (Lipinski definition) is 3. The standard InChI is InChI=1S/C10H19NO3/c1-2-3-9-6-8(4-5-14-9)11-7-10(12)13/h8-9,11H,2-7H2,1H3,(H,12,13). The monoisotopic (exact) mass is 201 g/mol. The molecule has 0 spiro atoms. The number of rotatable bonds is 5. The van der Waals surface area contributed by atoms with Gasteiger partial charge in [0.15, 0.2) is 0 Å². The van der Waals surface area contributed by atoms with E-state index in [0.29, 0.717) is 12.1 Å². The predicted molar refractivity (Wildman–Crippen MR) is 53.3 cm³/mol. The smallest absolute Gasteiger partial charge is 0.317 e. The second-order valence-corrected chi connectivity index (χ2v) is 3.78. The maximum absolute atomic E-state index is 10.4. The van der Waals surface area contributed by atoms with Crippen molar-refractivity contribution in [1.29, 1.82) is 0 Å². The van der Waals surface area contributed by atoms with Gasteiger partial charge in [0.05, 0.1) is 12.6 Å². The van der Waals surface area contributed by atoms with E-state index in [1.165, 1.54) is 0 Å². The number of aliphatic carboxylic acids is 1. The van der Waals surface area contributed by atoms with Crippen molar-refractivity contribution in [2.24, 2.45) is 0 Å². The first-order valence-electron chi connectivity index (χ1n) is 5.29. The highest BCUT2D eigenvalue weighted by atomic mass is 16.5. The summed E-state index contributed by atoms with van der Waals surface area (Å²) in [4.78, 5) is 10.4. The number of hydrogen-bond donors (Lipinski definition) is 2. The van der Waals surface area contributed by atoms with Gasteiger partial charge in [-0.2, -0.15) is 0 Å². The molecule has 82 valence electrons. The minimum Gasteiger partial charge on any atom is -0.480 e. The van der Waals surface area contributed by atoms with Gasteiger partial charge in [-0.05, 0) is 19.3 Å². The third-order valence-electron chi connectivity index (χ3n) is 2.52. The lowest BCUT2D eigenvalue weighted by Gasteiger charge is -2.29. The fourth-order valence-electron chi connectivity index (χ4n) is 1.82. The van der Waals surface area contributed by atoms with Crippen LogP contribution in [0.2, 0.25) is 0 Å². The molecule has 0 aromatic rings. The van der Waals surface area contributed by atoms with Crippen LogP contribution in [-0.4, -0.2) is 36.4 Å². The zero-order valence-corrected chi connectivity index (χ0v) is 8.66. The van der Waals surface area contributed by atoms with Gasteiger partial charge >= 0.3 is 5.97 Å². The summed E-state index contributed by atoms with van der Waals surface area (Å²) in [6.07, 6.45) is 4.39. The van der Waals surface area contributed by atoms with Crippen LogP contribution in [0.25, 0.3) is 0 Å². The van der Waals surface area contributed by atoms with Crippen LogP contribution < -0.4 is 5.32 Å². The fraction of sp³-hybridized carbons (Fsp3) is 0.900. The van der Waals surface area contributed by atoms with E-state index in [4.69, 9.17) is 9.84 Å². The summed E-state index contributed by atoms with van der Waals surface area (Å²) in [7, 11) is 0. The number of carboxylic acid groups (broad SMARTS) is 1. The molecule has 2 N–H and O–H groups in total. The van der Waals surface area contributed by atoms with Crippen LogP contribution in [0.3, 0.4) is 0 Å². The van der Waals surface area contributed by atoms with Crippen LogP contribution in [0.5, 0.6) is 0 Å². The van der Waals surface area contributed by atoms with Crippen molar-refractivity contribution in [2.75, 3.05) is 13.2 Å². The molecule has 2 unspecified atom stereocenters. The Morgan fingerprint density at radius 1 is 1.64 bits per heavy atom. The SMILES string of the molecule is CCCC1CC(NCC(=O)O)CCO1. The molecule has 0 aromatic carbocycles. The van der Waals surface area contributed by atoms with E-state index in [2.05, 4.69) is 12.2 Å². The van der Waals surface area contributed by atoms with E-state index < -0.39 is 5.97 Å². The Hall–Kier alpha value is -0.610. The quantitative estimate of drug-likeness (QED) is 0.697. The Labute approximate surface area is 84.6 Å². The zero-order valence-electron chi connectivity index (χ0n) is 8.66. The minimum atomic E-state index is -0.788. The van der Waals surface area contributed by atoms with Crippen molar-refractivity contribution < 1.29 is 14.6 Å². The molecule has 1 aliphatic heterocycles. The molecule has 2 atom stereocenters. The van der Waals surface area contributed by atoms with Gasteiger partial charge in [-0.1, -0.05) is 13.3 Å². The molecule has 14 heavy (non-hydrogen) atoms. The Bertz CT molecular complexity index is 182. The van der Waals surface area contributed by atoms with E-state index in [0.717, 1.165) is 32.3 Å². The molecule has 0 saturated carbocycles. The fourth-order valence-corrected chi connectivity index (χ4v) is 1.82. The second-order valence-electron chi connectivity index (χ2n) is 3.78. The van der Waals surface area contributed by atoms with Gasteiger partial charge in [0.2, 0.25) is 0 Å². The Morgan fingerprint density at radius 2 is 2.43 bits per heavy atom. The summed E-state index contributed by atoms with van der Waals surface area (Å²) in [5.41, 5.74) is 0. The first-order valence-corrected chi connectivity index (χ1v) is 5.29. The van der Waals surface area contributed by atoms with Gasteiger partial charge in [0.25, 0.3) is 0 Å². The molecular formula is C10H19NO3. The third kappa shape index (κ3) is 4.07. The highest BCUT2D eigenvalue weighted by Crippen LogP contribution is 2.17. The van der Waals surface area contributed by atoms with E-state index in [9.17, 15) is 4.79 Å². The second kappa shape index (κ2) is 5.98. The normalized spacial score (nSPS) is 27.5. The van der Waals surface area contributed by atoms with Gasteiger partial charge in [-0.15, -0.1) is 0 Å². The molecule has 4 heteroatoms. The summed E-state index contributed by atoms with van der Waals surface area (Å²) in [5, 5.41) is 11.5. The van der Waals surface area contributed by atoms with Crippen molar-refractivity contribution in [1.82, 2.24) is 5.32 Å². The van der Waals surface area contributed by atoms with Crippen molar-refractivity contribution >= 4 is 5.97 Å². The average molecular weight is 201 g/mol. The molecule has 0 bridgehead atoms. The molecule has 1 aliphatic rings. The van der Waals surface area contributed by atoms with Gasteiger partial charge in [0.1, 0.15) is 0 Å². The summed E-state index contributed by atoms with van der Waals surface area (Å²) >= 11 is 0. The largest absolute Gasteiger partial charge is 0.480 e. The van der Waals surface area contributed by atoms with E-state index >= 15 is 0 Å². The van der Waals surface area contributed by atoms with Gasteiger partial charge in [-0.3, -0.25) is 4.79 Å². The Kier molecular flexibility index (Phi) is 4.90. The number of carboxylic acids is 1. The topological polar surface area (TPSA) is 58.6 Å². The minimum absolute atomic E-state index is 0.0590. The van der Waals surface area contributed by atoms with Crippen LogP contribution in [0.1, 0.15) is 32.6 Å². The van der Waals surface area contributed by atoms with Crippen molar-refractivity contribution in [3.63, 3.8) is 0 Å². The number of nitrogens with one attached hydrogen (secondary N) is 1. The first kappa shape index (κ1) is 11.5. The lowest BCUT2D eigenvalue weighted by Crippen LogP contribution is -2.41. The zero-order chi connectivity index (χ0) is 10.4. The lowest BCUT2D eigenvalue weighted by atomic mass is 10.0. The van der Waals surface area contributed by atoms with Crippen molar-refractivity contribution in [2.45, 2.75) is 44.8 Å². The molecule has 1 fully saturated rings. The predicted octanol–water partition coefficient (Wildman–Crippen LogP) is 1.01. The Balaban J connectivity index is 2.21. The summed E-state index contributed by atoms with van der Waals surface area (Å²) < 4.78 is 5.57. The third-order valence-corrected chi connectivity index (χ3v) is 2.52. The summed E-state index contributed by atoms with van der Waals surface area (Å²) in [6.45, 7) is 2.95. The molecule has 1 rings (SSSR count). The molecule has 4 nitrogen and oxygen atoms in total. The van der Waals surface area contributed by atoms with Crippen LogP contribution in [0.15, 0.2) is 0 Å². The van der Waals surface area contributed by atoms with Crippen LogP contribution in [0, 0.1) is 0 Å².